The standard InChI is InChI=1S/C18H19NO5/c1-3-9-24-14-6-4-5-12(10-14)17(20)19-16-8-7-13(23-2)11-15(16)18(21)22/h4-8,10-11H,3,9H2,1-2H3,(H,19,20)(H,21,22). The van der Waals surface area contributed by atoms with E-state index in [-0.39, 0.29) is 11.3 Å². The van der Waals surface area contributed by atoms with Gasteiger partial charge in [-0.15, -0.1) is 0 Å². The van der Waals surface area contributed by atoms with E-state index in [0.717, 1.165) is 6.42 Å². The zero-order valence-corrected chi connectivity index (χ0v) is 13.5. The van der Waals surface area contributed by atoms with Crippen LogP contribution < -0.4 is 14.8 Å². The van der Waals surface area contributed by atoms with Crippen molar-refractivity contribution < 1.29 is 24.2 Å². The number of hydrogen-bond donors (Lipinski definition) is 2. The van der Waals surface area contributed by atoms with Gasteiger partial charge in [0.25, 0.3) is 5.91 Å². The van der Waals surface area contributed by atoms with Crippen LogP contribution in [0.3, 0.4) is 0 Å². The second-order valence-electron chi connectivity index (χ2n) is 5.05. The first kappa shape index (κ1) is 17.3. The van der Waals surface area contributed by atoms with E-state index in [1.807, 2.05) is 6.92 Å². The van der Waals surface area contributed by atoms with Gasteiger partial charge in [0.2, 0.25) is 0 Å². The molecule has 6 heteroatoms. The molecule has 0 saturated carbocycles. The van der Waals surface area contributed by atoms with Crippen molar-refractivity contribution in [1.29, 1.82) is 0 Å². The summed E-state index contributed by atoms with van der Waals surface area (Å²) in [6, 6.07) is 11.2. The summed E-state index contributed by atoms with van der Waals surface area (Å²) in [5.41, 5.74) is 0.546. The fourth-order valence-corrected chi connectivity index (χ4v) is 2.08. The third-order valence-electron chi connectivity index (χ3n) is 3.27. The van der Waals surface area contributed by atoms with E-state index >= 15 is 0 Å². The van der Waals surface area contributed by atoms with Gasteiger partial charge < -0.3 is 19.9 Å². The molecule has 2 rings (SSSR count). The van der Waals surface area contributed by atoms with Gasteiger partial charge in [0.05, 0.1) is 25.0 Å². The topological polar surface area (TPSA) is 84.9 Å². The van der Waals surface area contributed by atoms with Crippen molar-refractivity contribution in [3.05, 3.63) is 53.6 Å². The van der Waals surface area contributed by atoms with Crippen molar-refractivity contribution in [2.45, 2.75) is 13.3 Å². The highest BCUT2D eigenvalue weighted by Gasteiger charge is 2.15. The Morgan fingerprint density at radius 2 is 1.92 bits per heavy atom. The first-order valence-electron chi connectivity index (χ1n) is 7.50. The van der Waals surface area contributed by atoms with Crippen molar-refractivity contribution >= 4 is 17.6 Å². The number of ether oxygens (including phenoxy) is 2. The van der Waals surface area contributed by atoms with E-state index in [1.165, 1.54) is 19.2 Å². The van der Waals surface area contributed by atoms with E-state index < -0.39 is 11.9 Å². The summed E-state index contributed by atoms with van der Waals surface area (Å²) in [5, 5.41) is 11.9. The molecule has 0 bridgehead atoms. The van der Waals surface area contributed by atoms with Crippen LogP contribution in [0.4, 0.5) is 5.69 Å². The molecule has 0 aromatic heterocycles. The van der Waals surface area contributed by atoms with Crippen molar-refractivity contribution in [3.63, 3.8) is 0 Å². The Kier molecular flexibility index (Phi) is 5.78. The van der Waals surface area contributed by atoms with Gasteiger partial charge in [0, 0.05) is 5.56 Å². The van der Waals surface area contributed by atoms with Crippen LogP contribution in [0.1, 0.15) is 34.1 Å². The van der Waals surface area contributed by atoms with E-state index in [1.54, 1.807) is 30.3 Å². The number of rotatable bonds is 7. The normalized spacial score (nSPS) is 10.1. The molecule has 0 saturated heterocycles. The van der Waals surface area contributed by atoms with E-state index in [9.17, 15) is 14.7 Å². The van der Waals surface area contributed by atoms with Gasteiger partial charge in [0.15, 0.2) is 0 Å². The lowest BCUT2D eigenvalue weighted by atomic mass is 10.1. The molecule has 2 aromatic rings. The van der Waals surface area contributed by atoms with Crippen LogP contribution in [-0.2, 0) is 0 Å². The number of carbonyl (C=O) groups is 2. The third-order valence-corrected chi connectivity index (χ3v) is 3.27. The molecule has 0 atom stereocenters. The molecule has 2 N–H and O–H groups in total. The highest BCUT2D eigenvalue weighted by atomic mass is 16.5. The van der Waals surface area contributed by atoms with Gasteiger partial charge in [-0.3, -0.25) is 4.79 Å². The maximum atomic E-state index is 12.4. The fourth-order valence-electron chi connectivity index (χ4n) is 2.08. The Morgan fingerprint density at radius 3 is 2.58 bits per heavy atom. The van der Waals surface area contributed by atoms with E-state index in [2.05, 4.69) is 5.32 Å². The Balaban J connectivity index is 2.22. The van der Waals surface area contributed by atoms with Crippen LogP contribution in [0.5, 0.6) is 11.5 Å². The highest BCUT2D eigenvalue weighted by molar-refractivity contribution is 6.08. The van der Waals surface area contributed by atoms with Crippen LogP contribution in [0.15, 0.2) is 42.5 Å². The summed E-state index contributed by atoms with van der Waals surface area (Å²) in [5.74, 6) is -0.563. The summed E-state index contributed by atoms with van der Waals surface area (Å²) in [7, 11) is 1.45. The number of carbonyl (C=O) groups excluding carboxylic acids is 1. The van der Waals surface area contributed by atoms with Gasteiger partial charge >= 0.3 is 5.97 Å². The monoisotopic (exact) mass is 329 g/mol. The lowest BCUT2D eigenvalue weighted by Crippen LogP contribution is -2.15. The summed E-state index contributed by atoms with van der Waals surface area (Å²) in [4.78, 5) is 23.7. The molecule has 0 aliphatic heterocycles. The number of anilines is 1. The average Bonchev–Trinajstić information content (AvgIpc) is 2.60. The molecule has 1 amide bonds. The number of hydrogen-bond acceptors (Lipinski definition) is 4. The largest absolute Gasteiger partial charge is 0.497 e. The lowest BCUT2D eigenvalue weighted by molar-refractivity contribution is 0.0697. The minimum absolute atomic E-state index is 0.0407. The van der Waals surface area contributed by atoms with Crippen molar-refractivity contribution in [2.24, 2.45) is 0 Å². The summed E-state index contributed by atoms with van der Waals surface area (Å²) < 4.78 is 10.5. The number of benzene rings is 2. The minimum Gasteiger partial charge on any atom is -0.497 e. The van der Waals surface area contributed by atoms with Gasteiger partial charge in [0.1, 0.15) is 11.5 Å². The molecule has 6 nitrogen and oxygen atoms in total. The smallest absolute Gasteiger partial charge is 0.337 e. The van der Waals surface area contributed by atoms with Crippen molar-refractivity contribution in [2.75, 3.05) is 19.0 Å². The number of amides is 1. The maximum Gasteiger partial charge on any atom is 0.337 e. The first-order chi connectivity index (χ1) is 11.5. The van der Waals surface area contributed by atoms with Gasteiger partial charge in [-0.25, -0.2) is 4.79 Å². The number of carboxylic acids is 1. The molecule has 0 heterocycles. The molecule has 2 aromatic carbocycles. The first-order valence-corrected chi connectivity index (χ1v) is 7.50. The Labute approximate surface area is 140 Å². The van der Waals surface area contributed by atoms with Crippen molar-refractivity contribution in [1.82, 2.24) is 0 Å². The number of carboxylic acid groups (broad SMARTS) is 1. The fraction of sp³-hybridized carbons (Fsp3) is 0.222. The Hall–Kier alpha value is -3.02. The Morgan fingerprint density at radius 1 is 1.12 bits per heavy atom. The molecule has 0 unspecified atom stereocenters. The average molecular weight is 329 g/mol. The molecule has 0 spiro atoms. The van der Waals surface area contributed by atoms with E-state index in [0.29, 0.717) is 23.7 Å². The molecule has 0 aliphatic rings. The summed E-state index contributed by atoms with van der Waals surface area (Å²) >= 11 is 0. The zero-order chi connectivity index (χ0) is 17.5. The van der Waals surface area contributed by atoms with Gasteiger partial charge in [-0.1, -0.05) is 13.0 Å². The quantitative estimate of drug-likeness (QED) is 0.813. The Bertz CT molecular complexity index is 742. The van der Waals surface area contributed by atoms with Crippen LogP contribution in [0, 0.1) is 0 Å². The minimum atomic E-state index is -1.15. The second-order valence-corrected chi connectivity index (χ2v) is 5.05. The highest BCUT2D eigenvalue weighted by Crippen LogP contribution is 2.23. The summed E-state index contributed by atoms with van der Waals surface area (Å²) in [6.07, 6.45) is 0.865. The number of methoxy groups -OCH3 is 1. The SMILES string of the molecule is CCCOc1cccc(C(=O)Nc2ccc(OC)cc2C(=O)O)c1. The molecular weight excluding hydrogens is 310 g/mol. The second kappa shape index (κ2) is 8.01. The van der Waals surface area contributed by atoms with Crippen molar-refractivity contribution in [3.8, 4) is 11.5 Å². The molecule has 0 radical (unpaired) electrons. The lowest BCUT2D eigenvalue weighted by Gasteiger charge is -2.11. The molecule has 24 heavy (non-hydrogen) atoms. The van der Waals surface area contributed by atoms with Gasteiger partial charge in [-0.05, 0) is 42.8 Å². The summed E-state index contributed by atoms with van der Waals surface area (Å²) in [6.45, 7) is 2.56. The molecule has 0 fully saturated rings. The number of aromatic carboxylic acids is 1. The van der Waals surface area contributed by atoms with E-state index in [4.69, 9.17) is 9.47 Å². The number of nitrogens with one attached hydrogen (secondary N) is 1. The van der Waals surface area contributed by atoms with Crippen LogP contribution >= 0.6 is 0 Å². The third kappa shape index (κ3) is 4.25. The maximum absolute atomic E-state index is 12.4. The molecule has 126 valence electrons. The predicted octanol–water partition coefficient (Wildman–Crippen LogP) is 3.43. The van der Waals surface area contributed by atoms with Crippen LogP contribution in [0.2, 0.25) is 0 Å². The van der Waals surface area contributed by atoms with Crippen LogP contribution in [-0.4, -0.2) is 30.7 Å². The van der Waals surface area contributed by atoms with Gasteiger partial charge in [-0.2, -0.15) is 0 Å². The molecule has 0 aliphatic carbocycles. The zero-order valence-electron chi connectivity index (χ0n) is 13.5. The van der Waals surface area contributed by atoms with Crippen LogP contribution in [0.25, 0.3) is 0 Å². The predicted molar refractivity (Wildman–Crippen MR) is 90.1 cm³/mol. The molecular formula is C18H19NO5.